The molecule has 1 aromatic heterocycles. The molecule has 1 aliphatic rings. The third kappa shape index (κ3) is 5.02. The molecule has 2 rings (SSSR count). The molecule has 2 heterocycles. The fourth-order valence-electron chi connectivity index (χ4n) is 1.77. The summed E-state index contributed by atoms with van der Waals surface area (Å²) in [5.41, 5.74) is 1.06. The van der Waals surface area contributed by atoms with Crippen LogP contribution in [-0.4, -0.2) is 45.5 Å². The summed E-state index contributed by atoms with van der Waals surface area (Å²) in [6.07, 6.45) is -3.35. The summed E-state index contributed by atoms with van der Waals surface area (Å²) in [4.78, 5) is 20.8. The molecule has 0 saturated heterocycles. The van der Waals surface area contributed by atoms with Crippen LogP contribution in [0.1, 0.15) is 25.6 Å². The van der Waals surface area contributed by atoms with Crippen LogP contribution in [0.4, 0.5) is 13.2 Å². The van der Waals surface area contributed by atoms with Gasteiger partial charge in [-0.1, -0.05) is 0 Å². The van der Waals surface area contributed by atoms with Crippen LogP contribution >= 0.6 is 0 Å². The molecular weight excluding hydrogens is 305 g/mol. The summed E-state index contributed by atoms with van der Waals surface area (Å²) in [7, 11) is 0. The van der Waals surface area contributed by atoms with Gasteiger partial charge in [-0.05, 0) is 19.9 Å². The predicted molar refractivity (Wildman–Crippen MR) is 69.9 cm³/mol. The third-order valence-electron chi connectivity index (χ3n) is 2.67. The Labute approximate surface area is 124 Å². The van der Waals surface area contributed by atoms with Gasteiger partial charge in [-0.15, -0.1) is 0 Å². The minimum Gasteiger partial charge on any atom is -0.475 e. The van der Waals surface area contributed by atoms with Crippen molar-refractivity contribution in [1.82, 2.24) is 20.4 Å². The van der Waals surface area contributed by atoms with Crippen LogP contribution in [0.2, 0.25) is 0 Å². The molecule has 0 spiro atoms. The summed E-state index contributed by atoms with van der Waals surface area (Å²) in [5.74, 6) is -2.73. The van der Waals surface area contributed by atoms with Crippen molar-refractivity contribution in [2.75, 3.05) is 6.54 Å². The van der Waals surface area contributed by atoms with E-state index in [4.69, 9.17) is 9.90 Å². The number of hydrogen-bond acceptors (Lipinski definition) is 4. The fraction of sp³-hybridized carbons (Fsp3) is 0.583. The lowest BCUT2D eigenvalue weighted by Gasteiger charge is -2.25. The van der Waals surface area contributed by atoms with Crippen LogP contribution < -0.4 is 10.6 Å². The first kappa shape index (κ1) is 18.0. The van der Waals surface area contributed by atoms with Crippen molar-refractivity contribution in [3.63, 3.8) is 0 Å². The number of rotatable bonds is 2. The third-order valence-corrected chi connectivity index (χ3v) is 2.67. The zero-order chi connectivity index (χ0) is 16.9. The predicted octanol–water partition coefficient (Wildman–Crippen LogP) is 0.685. The number of fused-ring (bicyclic) bond motifs is 1. The molecule has 1 atom stereocenters. The Balaban J connectivity index is 0.000000295. The van der Waals surface area contributed by atoms with Crippen LogP contribution in [0.25, 0.3) is 0 Å². The number of carbonyl (C=O) groups excluding carboxylic acids is 1. The van der Waals surface area contributed by atoms with Gasteiger partial charge in [0, 0.05) is 25.3 Å². The lowest BCUT2D eigenvalue weighted by Crippen LogP contribution is -2.44. The topological polar surface area (TPSA) is 96.3 Å². The van der Waals surface area contributed by atoms with E-state index in [1.54, 1.807) is 10.9 Å². The van der Waals surface area contributed by atoms with E-state index in [2.05, 4.69) is 15.7 Å². The number of nitrogens with zero attached hydrogens (tertiary/aromatic N) is 2. The molecular formula is C12H17F3N4O3. The summed E-state index contributed by atoms with van der Waals surface area (Å²) >= 11 is 0. The van der Waals surface area contributed by atoms with E-state index in [9.17, 15) is 18.0 Å². The van der Waals surface area contributed by atoms with E-state index in [0.29, 0.717) is 6.54 Å². The fourth-order valence-corrected chi connectivity index (χ4v) is 1.77. The maximum atomic E-state index is 11.9. The standard InChI is InChI=1S/C10H16N4O.C2HF3O2/c1-7(2)13-10(15)9-6-11-5-8-3-4-12-14(8)9;3-2(4,5)1(6)7/h3-4,7,9,11H,5-6H2,1-2H3,(H,13,15);(H,6,7). The zero-order valence-electron chi connectivity index (χ0n) is 12.0. The number of amides is 1. The minimum atomic E-state index is -5.08. The van der Waals surface area contributed by atoms with E-state index in [-0.39, 0.29) is 18.0 Å². The summed E-state index contributed by atoms with van der Waals surface area (Å²) in [5, 5.41) is 17.4. The molecule has 0 aromatic carbocycles. The molecule has 22 heavy (non-hydrogen) atoms. The Kier molecular flexibility index (Phi) is 5.92. The number of aromatic nitrogens is 2. The first-order valence-corrected chi connectivity index (χ1v) is 6.46. The number of hydrogen-bond donors (Lipinski definition) is 3. The van der Waals surface area contributed by atoms with Crippen molar-refractivity contribution in [3.05, 3.63) is 18.0 Å². The number of carbonyl (C=O) groups is 2. The van der Waals surface area contributed by atoms with Crippen LogP contribution in [-0.2, 0) is 16.1 Å². The second kappa shape index (κ2) is 7.25. The quantitative estimate of drug-likeness (QED) is 0.744. The highest BCUT2D eigenvalue weighted by molar-refractivity contribution is 5.80. The Morgan fingerprint density at radius 1 is 1.50 bits per heavy atom. The van der Waals surface area contributed by atoms with Gasteiger partial charge in [0.1, 0.15) is 6.04 Å². The van der Waals surface area contributed by atoms with Crippen molar-refractivity contribution in [2.45, 2.75) is 38.7 Å². The van der Waals surface area contributed by atoms with Crippen molar-refractivity contribution >= 4 is 11.9 Å². The molecule has 0 radical (unpaired) electrons. The van der Waals surface area contributed by atoms with Gasteiger partial charge >= 0.3 is 12.1 Å². The normalized spacial score (nSPS) is 17.3. The summed E-state index contributed by atoms with van der Waals surface area (Å²) < 4.78 is 33.5. The molecule has 0 fully saturated rings. The van der Waals surface area contributed by atoms with Gasteiger partial charge in [0.25, 0.3) is 0 Å². The van der Waals surface area contributed by atoms with Crippen LogP contribution in [0.5, 0.6) is 0 Å². The smallest absolute Gasteiger partial charge is 0.475 e. The van der Waals surface area contributed by atoms with Crippen molar-refractivity contribution in [1.29, 1.82) is 0 Å². The molecule has 124 valence electrons. The minimum absolute atomic E-state index is 0.0298. The highest BCUT2D eigenvalue weighted by Gasteiger charge is 2.38. The van der Waals surface area contributed by atoms with Gasteiger partial charge in [0.2, 0.25) is 5.91 Å². The average molecular weight is 322 g/mol. The molecule has 1 aliphatic heterocycles. The molecule has 1 amide bonds. The number of carboxylic acid groups (broad SMARTS) is 1. The van der Waals surface area contributed by atoms with Gasteiger partial charge in [-0.3, -0.25) is 9.48 Å². The second-order valence-electron chi connectivity index (χ2n) is 4.88. The number of aliphatic carboxylic acids is 1. The lowest BCUT2D eigenvalue weighted by atomic mass is 10.2. The van der Waals surface area contributed by atoms with Crippen molar-refractivity contribution < 1.29 is 27.9 Å². The molecule has 10 heteroatoms. The molecule has 0 saturated carbocycles. The van der Waals surface area contributed by atoms with Crippen LogP contribution in [0.15, 0.2) is 12.3 Å². The number of alkyl halides is 3. The SMILES string of the molecule is CC(C)NC(=O)C1CNCc2ccnn21.O=C(O)C(F)(F)F. The first-order valence-electron chi connectivity index (χ1n) is 6.46. The maximum Gasteiger partial charge on any atom is 0.490 e. The number of nitrogens with one attached hydrogen (secondary N) is 2. The van der Waals surface area contributed by atoms with Crippen LogP contribution in [0.3, 0.4) is 0 Å². The maximum absolute atomic E-state index is 11.9. The van der Waals surface area contributed by atoms with Gasteiger partial charge in [0.15, 0.2) is 0 Å². The van der Waals surface area contributed by atoms with E-state index in [1.165, 1.54) is 0 Å². The Morgan fingerprint density at radius 2 is 2.09 bits per heavy atom. The molecule has 1 unspecified atom stereocenters. The highest BCUT2D eigenvalue weighted by Crippen LogP contribution is 2.14. The monoisotopic (exact) mass is 322 g/mol. The van der Waals surface area contributed by atoms with Gasteiger partial charge < -0.3 is 15.7 Å². The molecule has 0 aliphatic carbocycles. The number of carboxylic acids is 1. The van der Waals surface area contributed by atoms with Gasteiger partial charge in [-0.25, -0.2) is 4.79 Å². The molecule has 7 nitrogen and oxygen atoms in total. The lowest BCUT2D eigenvalue weighted by molar-refractivity contribution is -0.192. The van der Waals surface area contributed by atoms with E-state index < -0.39 is 12.1 Å². The first-order chi connectivity index (χ1) is 10.1. The highest BCUT2D eigenvalue weighted by atomic mass is 19.4. The van der Waals surface area contributed by atoms with Crippen molar-refractivity contribution in [3.8, 4) is 0 Å². The van der Waals surface area contributed by atoms with E-state index >= 15 is 0 Å². The van der Waals surface area contributed by atoms with Gasteiger partial charge in [0.05, 0.1) is 5.69 Å². The average Bonchev–Trinajstić information content (AvgIpc) is 2.85. The summed E-state index contributed by atoms with van der Waals surface area (Å²) in [6, 6.07) is 1.88. The molecule has 1 aromatic rings. The molecule has 3 N–H and O–H groups in total. The van der Waals surface area contributed by atoms with Gasteiger partial charge in [-0.2, -0.15) is 18.3 Å². The molecule has 0 bridgehead atoms. The Bertz CT molecular complexity index is 528. The number of halogens is 3. The van der Waals surface area contributed by atoms with Crippen molar-refractivity contribution in [2.24, 2.45) is 0 Å². The summed E-state index contributed by atoms with van der Waals surface area (Å²) in [6.45, 7) is 5.34. The zero-order valence-corrected chi connectivity index (χ0v) is 12.0. The van der Waals surface area contributed by atoms with E-state index in [1.807, 2.05) is 19.9 Å². The second-order valence-corrected chi connectivity index (χ2v) is 4.88. The largest absolute Gasteiger partial charge is 0.490 e. The van der Waals surface area contributed by atoms with Crippen LogP contribution in [0, 0.1) is 0 Å². The Morgan fingerprint density at radius 3 is 2.59 bits per heavy atom. The Hall–Kier alpha value is -2.10. The van der Waals surface area contributed by atoms with E-state index in [0.717, 1.165) is 12.2 Å².